The van der Waals surface area contributed by atoms with Crippen molar-refractivity contribution in [3.63, 3.8) is 0 Å². The van der Waals surface area contributed by atoms with Crippen molar-refractivity contribution in [1.82, 2.24) is 10.3 Å². The maximum atomic E-state index is 13.7. The van der Waals surface area contributed by atoms with Crippen molar-refractivity contribution < 1.29 is 9.59 Å². The van der Waals surface area contributed by atoms with Gasteiger partial charge in [-0.05, 0) is 42.2 Å². The fraction of sp³-hybridized carbons (Fsp3) is 0.207. The zero-order valence-electron chi connectivity index (χ0n) is 19.2. The maximum Gasteiger partial charge on any atom is 0.186 e. The number of nitriles is 1. The van der Waals surface area contributed by atoms with Crippen LogP contribution in [0.3, 0.4) is 0 Å². The highest BCUT2D eigenvalue weighted by atomic mass is 16.1. The Bertz CT molecular complexity index is 1330. The van der Waals surface area contributed by atoms with Gasteiger partial charge in [-0.25, -0.2) is 0 Å². The Balaban J connectivity index is 1.56. The molecule has 4 rings (SSSR count). The molecule has 0 fully saturated rings. The topological polar surface area (TPSA) is 85.8 Å². The van der Waals surface area contributed by atoms with Crippen molar-refractivity contribution in [3.8, 4) is 6.07 Å². The lowest BCUT2D eigenvalue weighted by molar-refractivity contribution is 0.0943. The smallest absolute Gasteiger partial charge is 0.186 e. The fourth-order valence-electron chi connectivity index (χ4n) is 4.14. The van der Waals surface area contributed by atoms with Crippen LogP contribution >= 0.6 is 0 Å². The zero-order chi connectivity index (χ0) is 23.9. The number of aromatic nitrogens is 1. The lowest BCUT2D eigenvalue weighted by atomic mass is 9.96. The lowest BCUT2D eigenvalue weighted by Gasteiger charge is -2.18. The van der Waals surface area contributed by atoms with Crippen LogP contribution in [0.15, 0.2) is 79.0 Å². The molecule has 0 aliphatic carbocycles. The number of nitrogens with one attached hydrogen (secondary N) is 2. The Morgan fingerprint density at radius 1 is 1.03 bits per heavy atom. The van der Waals surface area contributed by atoms with E-state index < -0.39 is 6.04 Å². The van der Waals surface area contributed by atoms with Crippen LogP contribution in [0, 0.1) is 11.3 Å². The van der Waals surface area contributed by atoms with E-state index in [4.69, 9.17) is 5.26 Å². The van der Waals surface area contributed by atoms with E-state index in [0.29, 0.717) is 29.7 Å². The summed E-state index contributed by atoms with van der Waals surface area (Å²) in [5.41, 5.74) is 4.68. The number of Topliss-reactive ketones (excluding diaryl/α,β-unsaturated/α-hetero) is 2. The highest BCUT2D eigenvalue weighted by Gasteiger charge is 2.24. The Morgan fingerprint density at radius 2 is 1.79 bits per heavy atom. The van der Waals surface area contributed by atoms with Gasteiger partial charge < -0.3 is 10.3 Å². The molecule has 0 amide bonds. The van der Waals surface area contributed by atoms with Crippen molar-refractivity contribution in [3.05, 3.63) is 107 Å². The average Bonchev–Trinajstić information content (AvgIpc) is 3.31. The number of hydrogen-bond donors (Lipinski definition) is 2. The molecule has 1 heterocycles. The number of H-pyrrole nitrogens is 1. The molecule has 5 heteroatoms. The molecule has 4 aromatic rings. The monoisotopic (exact) mass is 449 g/mol. The minimum Gasteiger partial charge on any atom is -0.360 e. The minimum atomic E-state index is -0.500. The first kappa shape index (κ1) is 23.2. The molecule has 170 valence electrons. The summed E-state index contributed by atoms with van der Waals surface area (Å²) in [6.07, 6.45) is 3.79. The molecule has 1 atom stereocenters. The number of carbonyl (C=O) groups is 2. The summed E-state index contributed by atoms with van der Waals surface area (Å²) in [7, 11) is 0. The number of carbonyl (C=O) groups excluding carboxylic acids is 2. The second-order valence-electron chi connectivity index (χ2n) is 8.36. The number of aromatic amines is 1. The number of ketones is 2. The summed E-state index contributed by atoms with van der Waals surface area (Å²) in [5.74, 6) is 0.0865. The van der Waals surface area contributed by atoms with E-state index in [9.17, 15) is 9.59 Å². The molecule has 0 unspecified atom stereocenters. The van der Waals surface area contributed by atoms with Gasteiger partial charge in [0, 0.05) is 41.2 Å². The number of hydrogen-bond acceptors (Lipinski definition) is 4. The molecular formula is C29H27N3O2. The molecule has 0 spiro atoms. The third-order valence-corrected chi connectivity index (χ3v) is 5.99. The number of benzene rings is 3. The van der Waals surface area contributed by atoms with E-state index in [0.717, 1.165) is 34.9 Å². The van der Waals surface area contributed by atoms with Gasteiger partial charge in [0.1, 0.15) is 0 Å². The Morgan fingerprint density at radius 3 is 2.50 bits per heavy atom. The second-order valence-corrected chi connectivity index (χ2v) is 8.36. The molecule has 5 nitrogen and oxygen atoms in total. The summed E-state index contributed by atoms with van der Waals surface area (Å²) in [4.78, 5) is 29.1. The maximum absolute atomic E-state index is 13.7. The van der Waals surface area contributed by atoms with Crippen LogP contribution in [0.5, 0.6) is 0 Å². The predicted molar refractivity (Wildman–Crippen MR) is 134 cm³/mol. The first-order chi connectivity index (χ1) is 16.6. The molecule has 34 heavy (non-hydrogen) atoms. The normalized spacial score (nSPS) is 11.8. The molecule has 3 aromatic carbocycles. The SMILES string of the molecule is CCCC(=O)c1ccc2c(C(=O)[C@H](NCCc3ccc(C#N)cc3)c3ccccc3)c[nH]c2c1. The predicted octanol–water partition coefficient (Wildman–Crippen LogP) is 5.78. The standard InChI is InChI=1S/C29H27N3O2/c1-2-6-27(33)23-13-14-24-25(19-32-26(24)17-23)29(34)28(22-7-4-3-5-8-22)31-16-15-20-9-11-21(18-30)12-10-20/h3-5,7-14,17,19,28,31-32H,2,6,15-16H2,1H3/t28-/m1/s1. The van der Waals surface area contributed by atoms with E-state index in [-0.39, 0.29) is 11.6 Å². The van der Waals surface area contributed by atoms with Gasteiger partial charge in [0.25, 0.3) is 0 Å². The first-order valence-corrected chi connectivity index (χ1v) is 11.6. The summed E-state index contributed by atoms with van der Waals surface area (Å²) in [6, 6.07) is 24.3. The molecular weight excluding hydrogens is 422 g/mol. The molecule has 2 N–H and O–H groups in total. The van der Waals surface area contributed by atoms with E-state index in [2.05, 4.69) is 16.4 Å². The zero-order valence-corrected chi connectivity index (χ0v) is 19.2. The molecule has 0 saturated carbocycles. The van der Waals surface area contributed by atoms with Gasteiger partial charge in [0.05, 0.1) is 17.7 Å². The average molecular weight is 450 g/mol. The van der Waals surface area contributed by atoms with Crippen molar-refractivity contribution >= 4 is 22.5 Å². The van der Waals surface area contributed by atoms with Gasteiger partial charge in [-0.1, -0.05) is 61.5 Å². The number of nitrogens with zero attached hydrogens (tertiary/aromatic N) is 1. The Kier molecular flexibility index (Phi) is 7.31. The van der Waals surface area contributed by atoms with Crippen molar-refractivity contribution in [2.75, 3.05) is 6.54 Å². The Hall–Kier alpha value is -4.01. The van der Waals surface area contributed by atoms with Crippen LogP contribution in [0.25, 0.3) is 10.9 Å². The third-order valence-electron chi connectivity index (χ3n) is 5.99. The van der Waals surface area contributed by atoms with E-state index >= 15 is 0 Å². The van der Waals surface area contributed by atoms with Crippen molar-refractivity contribution in [2.24, 2.45) is 0 Å². The number of fused-ring (bicyclic) bond motifs is 1. The quantitative estimate of drug-likeness (QED) is 0.301. The lowest BCUT2D eigenvalue weighted by Crippen LogP contribution is -2.30. The van der Waals surface area contributed by atoms with Gasteiger partial charge >= 0.3 is 0 Å². The largest absolute Gasteiger partial charge is 0.360 e. The van der Waals surface area contributed by atoms with Crippen LogP contribution in [-0.2, 0) is 6.42 Å². The summed E-state index contributed by atoms with van der Waals surface area (Å²) in [6.45, 7) is 2.59. The highest BCUT2D eigenvalue weighted by molar-refractivity contribution is 6.11. The molecule has 0 saturated heterocycles. The van der Waals surface area contributed by atoms with Crippen LogP contribution in [0.2, 0.25) is 0 Å². The second kappa shape index (κ2) is 10.7. The number of rotatable bonds is 10. The summed E-state index contributed by atoms with van der Waals surface area (Å²) in [5, 5.41) is 13.2. The van der Waals surface area contributed by atoms with Gasteiger partial charge in [0.15, 0.2) is 11.6 Å². The third kappa shape index (κ3) is 5.14. The van der Waals surface area contributed by atoms with Crippen LogP contribution in [0.4, 0.5) is 0 Å². The van der Waals surface area contributed by atoms with Crippen LogP contribution in [-0.4, -0.2) is 23.1 Å². The molecule has 0 aliphatic rings. The van der Waals surface area contributed by atoms with E-state index in [1.54, 1.807) is 24.4 Å². The van der Waals surface area contributed by atoms with Gasteiger partial charge in [-0.2, -0.15) is 5.26 Å². The van der Waals surface area contributed by atoms with Crippen molar-refractivity contribution in [1.29, 1.82) is 5.26 Å². The van der Waals surface area contributed by atoms with E-state index in [1.807, 2.05) is 61.5 Å². The molecule has 1 aromatic heterocycles. The molecule has 0 radical (unpaired) electrons. The first-order valence-electron chi connectivity index (χ1n) is 11.6. The Labute approximate surface area is 199 Å². The van der Waals surface area contributed by atoms with Gasteiger partial charge in [0.2, 0.25) is 0 Å². The highest BCUT2D eigenvalue weighted by Crippen LogP contribution is 2.26. The summed E-state index contributed by atoms with van der Waals surface area (Å²) >= 11 is 0. The molecule has 0 bridgehead atoms. The van der Waals surface area contributed by atoms with E-state index in [1.165, 1.54) is 0 Å². The fourth-order valence-corrected chi connectivity index (χ4v) is 4.14. The van der Waals surface area contributed by atoms with Crippen molar-refractivity contribution in [2.45, 2.75) is 32.2 Å². The van der Waals surface area contributed by atoms with Gasteiger partial charge in [-0.3, -0.25) is 9.59 Å². The molecule has 0 aliphatic heterocycles. The van der Waals surface area contributed by atoms with Crippen LogP contribution in [0.1, 0.15) is 63.2 Å². The van der Waals surface area contributed by atoms with Gasteiger partial charge in [-0.15, -0.1) is 0 Å². The van der Waals surface area contributed by atoms with Crippen LogP contribution < -0.4 is 5.32 Å². The minimum absolute atomic E-state index is 0.0232. The summed E-state index contributed by atoms with van der Waals surface area (Å²) < 4.78 is 0.